The predicted octanol–water partition coefficient (Wildman–Crippen LogP) is 1.06. The van der Waals surface area contributed by atoms with Crippen molar-refractivity contribution in [2.75, 3.05) is 19.7 Å². The minimum absolute atomic E-state index is 0.0110. The minimum atomic E-state index is -0.613. The van der Waals surface area contributed by atoms with E-state index in [0.29, 0.717) is 18.1 Å². The van der Waals surface area contributed by atoms with Gasteiger partial charge in [-0.1, -0.05) is 32.0 Å². The van der Waals surface area contributed by atoms with Gasteiger partial charge in [0.25, 0.3) is 0 Å². The molecule has 0 saturated heterocycles. The summed E-state index contributed by atoms with van der Waals surface area (Å²) in [5.41, 5.74) is 5.10. The van der Waals surface area contributed by atoms with Crippen LogP contribution in [-0.4, -0.2) is 40.6 Å². The zero-order valence-electron chi connectivity index (χ0n) is 10.4. The van der Waals surface area contributed by atoms with Gasteiger partial charge in [0.2, 0.25) is 5.91 Å². The number of hydrogen-bond donors (Lipinski definition) is 2. The Kier molecular flexibility index (Phi) is 5.33. The Morgan fingerprint density at radius 3 is 2.47 bits per heavy atom. The van der Waals surface area contributed by atoms with Crippen LogP contribution in [0.5, 0.6) is 0 Å². The summed E-state index contributed by atoms with van der Waals surface area (Å²) < 4.78 is 0. The largest absolute Gasteiger partial charge is 0.395 e. The summed E-state index contributed by atoms with van der Waals surface area (Å²) in [6, 6.07) is 0. The maximum Gasteiger partial charge on any atom is 0.235 e. The van der Waals surface area contributed by atoms with Crippen molar-refractivity contribution in [1.82, 2.24) is 4.90 Å². The lowest BCUT2D eigenvalue weighted by molar-refractivity contribution is -0.142. The lowest BCUT2D eigenvalue weighted by Gasteiger charge is -2.42. The zero-order valence-corrected chi connectivity index (χ0v) is 11.3. The van der Waals surface area contributed by atoms with Gasteiger partial charge in [-0.3, -0.25) is 4.79 Å². The van der Waals surface area contributed by atoms with Crippen molar-refractivity contribution in [2.45, 2.75) is 39.0 Å². The number of nitrogens with two attached hydrogens (primary N) is 1. The highest BCUT2D eigenvalue weighted by molar-refractivity contribution is 7.80. The van der Waals surface area contributed by atoms with E-state index in [1.165, 1.54) is 0 Å². The number of amides is 1. The van der Waals surface area contributed by atoms with Crippen LogP contribution in [0, 0.1) is 5.41 Å². The van der Waals surface area contributed by atoms with Crippen molar-refractivity contribution in [3.05, 3.63) is 0 Å². The first-order valence-corrected chi connectivity index (χ1v) is 6.69. The SMILES string of the molecule is CCCCN(CCO)C(=O)C1(C(N)=S)CCC1. The van der Waals surface area contributed by atoms with Crippen LogP contribution in [0.3, 0.4) is 0 Å². The molecular weight excluding hydrogens is 236 g/mol. The highest BCUT2D eigenvalue weighted by Gasteiger charge is 2.48. The van der Waals surface area contributed by atoms with Crippen molar-refractivity contribution < 1.29 is 9.90 Å². The van der Waals surface area contributed by atoms with Crippen LogP contribution >= 0.6 is 12.2 Å². The molecule has 0 aromatic heterocycles. The molecule has 0 aliphatic heterocycles. The topological polar surface area (TPSA) is 66.6 Å². The molecule has 17 heavy (non-hydrogen) atoms. The number of carbonyl (C=O) groups excluding carboxylic acids is 1. The second-order valence-electron chi connectivity index (χ2n) is 4.67. The van der Waals surface area contributed by atoms with E-state index in [1.54, 1.807) is 4.90 Å². The first-order valence-electron chi connectivity index (χ1n) is 6.28. The fraction of sp³-hybridized carbons (Fsp3) is 0.833. The summed E-state index contributed by atoms with van der Waals surface area (Å²) in [7, 11) is 0. The normalized spacial score (nSPS) is 17.3. The number of aliphatic hydroxyl groups is 1. The molecule has 0 aromatic carbocycles. The molecule has 98 valence electrons. The van der Waals surface area contributed by atoms with Gasteiger partial charge >= 0.3 is 0 Å². The summed E-state index contributed by atoms with van der Waals surface area (Å²) in [4.78, 5) is 14.5. The molecule has 5 heteroatoms. The van der Waals surface area contributed by atoms with Gasteiger partial charge in [-0.15, -0.1) is 0 Å². The summed E-state index contributed by atoms with van der Waals surface area (Å²) in [5, 5.41) is 9.02. The van der Waals surface area contributed by atoms with Crippen molar-refractivity contribution >= 4 is 23.1 Å². The summed E-state index contributed by atoms with van der Waals surface area (Å²) in [6.07, 6.45) is 4.49. The second-order valence-corrected chi connectivity index (χ2v) is 5.11. The molecule has 4 nitrogen and oxygen atoms in total. The van der Waals surface area contributed by atoms with E-state index in [9.17, 15) is 4.79 Å². The number of rotatable bonds is 7. The highest BCUT2D eigenvalue weighted by atomic mass is 32.1. The van der Waals surface area contributed by atoms with E-state index in [2.05, 4.69) is 6.92 Å². The molecule has 1 saturated carbocycles. The number of nitrogens with zero attached hydrogens (tertiary/aromatic N) is 1. The Hall–Kier alpha value is -0.680. The Labute approximate surface area is 108 Å². The number of hydrogen-bond acceptors (Lipinski definition) is 3. The molecule has 0 unspecified atom stereocenters. The minimum Gasteiger partial charge on any atom is -0.395 e. The molecule has 0 radical (unpaired) electrons. The third-order valence-corrected chi connectivity index (χ3v) is 3.92. The van der Waals surface area contributed by atoms with Gasteiger partial charge in [-0.2, -0.15) is 0 Å². The van der Waals surface area contributed by atoms with E-state index >= 15 is 0 Å². The molecule has 1 fully saturated rings. The van der Waals surface area contributed by atoms with Gasteiger partial charge in [-0.25, -0.2) is 0 Å². The van der Waals surface area contributed by atoms with E-state index in [4.69, 9.17) is 23.1 Å². The van der Waals surface area contributed by atoms with Crippen LogP contribution in [0.25, 0.3) is 0 Å². The average molecular weight is 258 g/mol. The molecule has 0 heterocycles. The van der Waals surface area contributed by atoms with Gasteiger partial charge < -0.3 is 15.7 Å². The number of aliphatic hydroxyl groups excluding tert-OH is 1. The van der Waals surface area contributed by atoms with Crippen molar-refractivity contribution in [2.24, 2.45) is 11.1 Å². The van der Waals surface area contributed by atoms with Gasteiger partial charge in [0.1, 0.15) is 0 Å². The molecule has 3 N–H and O–H groups in total. The van der Waals surface area contributed by atoms with E-state index in [0.717, 1.165) is 32.1 Å². The van der Waals surface area contributed by atoms with E-state index in [1.807, 2.05) is 0 Å². The van der Waals surface area contributed by atoms with Crippen molar-refractivity contribution in [1.29, 1.82) is 0 Å². The maximum absolute atomic E-state index is 12.4. The van der Waals surface area contributed by atoms with Crippen molar-refractivity contribution in [3.8, 4) is 0 Å². The van der Waals surface area contributed by atoms with E-state index < -0.39 is 5.41 Å². The summed E-state index contributed by atoms with van der Waals surface area (Å²) >= 11 is 5.04. The van der Waals surface area contributed by atoms with Gasteiger partial charge in [0.05, 0.1) is 17.0 Å². The van der Waals surface area contributed by atoms with Gasteiger partial charge in [-0.05, 0) is 19.3 Å². The Bertz CT molecular complexity index is 290. The quantitative estimate of drug-likeness (QED) is 0.670. The number of unbranched alkanes of at least 4 members (excludes halogenated alkanes) is 1. The van der Waals surface area contributed by atoms with Crippen LogP contribution < -0.4 is 5.73 Å². The standard InChI is InChI=1S/C12H22N2O2S/c1-2-3-7-14(8-9-15)11(16)12(10(13)17)5-4-6-12/h15H,2-9H2,1H3,(H2,13,17). The van der Waals surface area contributed by atoms with Crippen LogP contribution in [-0.2, 0) is 4.79 Å². The molecule has 0 aromatic rings. The summed E-state index contributed by atoms with van der Waals surface area (Å²) in [6.45, 7) is 3.13. The molecule has 1 rings (SSSR count). The Balaban J connectivity index is 2.71. The van der Waals surface area contributed by atoms with Crippen LogP contribution in [0.2, 0.25) is 0 Å². The highest BCUT2D eigenvalue weighted by Crippen LogP contribution is 2.42. The molecular formula is C12H22N2O2S. The maximum atomic E-state index is 12.4. The molecule has 1 amide bonds. The third kappa shape index (κ3) is 2.96. The molecule has 0 bridgehead atoms. The Morgan fingerprint density at radius 2 is 2.12 bits per heavy atom. The Morgan fingerprint density at radius 1 is 1.47 bits per heavy atom. The summed E-state index contributed by atoms with van der Waals surface area (Å²) in [5.74, 6) is 0.0127. The molecule has 0 spiro atoms. The fourth-order valence-corrected chi connectivity index (χ4v) is 2.47. The molecule has 0 atom stereocenters. The third-order valence-electron chi connectivity index (χ3n) is 3.53. The van der Waals surface area contributed by atoms with Gasteiger partial charge in [0.15, 0.2) is 0 Å². The lowest BCUT2D eigenvalue weighted by atomic mass is 9.67. The average Bonchev–Trinajstić information content (AvgIpc) is 2.21. The fourth-order valence-electron chi connectivity index (χ4n) is 2.18. The van der Waals surface area contributed by atoms with Crippen LogP contribution in [0.1, 0.15) is 39.0 Å². The molecule has 1 aliphatic carbocycles. The first kappa shape index (κ1) is 14.4. The zero-order chi connectivity index (χ0) is 12.9. The van der Waals surface area contributed by atoms with Gasteiger partial charge in [0, 0.05) is 13.1 Å². The lowest BCUT2D eigenvalue weighted by Crippen LogP contribution is -2.55. The first-order chi connectivity index (χ1) is 8.08. The number of thiocarbonyl (C=S) groups is 1. The van der Waals surface area contributed by atoms with Crippen LogP contribution in [0.4, 0.5) is 0 Å². The number of carbonyl (C=O) groups is 1. The molecule has 1 aliphatic rings. The predicted molar refractivity (Wildman–Crippen MR) is 71.6 cm³/mol. The van der Waals surface area contributed by atoms with E-state index in [-0.39, 0.29) is 12.5 Å². The second kappa shape index (κ2) is 6.31. The smallest absolute Gasteiger partial charge is 0.235 e. The monoisotopic (exact) mass is 258 g/mol. The van der Waals surface area contributed by atoms with Crippen molar-refractivity contribution in [3.63, 3.8) is 0 Å². The van der Waals surface area contributed by atoms with Crippen LogP contribution in [0.15, 0.2) is 0 Å².